The largest absolute Gasteiger partial charge is 0.492 e. The molecule has 7 nitrogen and oxygen atoms in total. The van der Waals surface area contributed by atoms with Gasteiger partial charge in [0.05, 0.1) is 10.8 Å². The van der Waals surface area contributed by atoms with Crippen molar-refractivity contribution in [3.05, 3.63) is 12.1 Å². The van der Waals surface area contributed by atoms with E-state index in [0.717, 1.165) is 0 Å². The fourth-order valence-electron chi connectivity index (χ4n) is 0.994. The minimum Gasteiger partial charge on any atom is -0.492 e. The molecule has 0 aromatic carbocycles. The Morgan fingerprint density at radius 3 is 2.47 bits per heavy atom. The molecule has 1 amide bonds. The molecule has 0 fully saturated rings. The van der Waals surface area contributed by atoms with Crippen molar-refractivity contribution >= 4 is 34.5 Å². The quantitative estimate of drug-likeness (QED) is 0.502. The number of alkyl halides is 1. The highest BCUT2D eigenvalue weighted by molar-refractivity contribution is 14.1. The standard InChI is InChI=1S/C9H11IN2O5/c10-5-6(13)11-4-3-9(16)17-12-7(14)1-2-8(12)15/h1-2,14-15H,3-5H2,(H,11,13). The van der Waals surface area contributed by atoms with Crippen molar-refractivity contribution < 1.29 is 24.6 Å². The van der Waals surface area contributed by atoms with E-state index in [2.05, 4.69) is 10.2 Å². The van der Waals surface area contributed by atoms with Gasteiger partial charge >= 0.3 is 5.97 Å². The molecule has 0 spiro atoms. The third-order valence-corrected chi connectivity index (χ3v) is 2.46. The number of halogens is 1. The van der Waals surface area contributed by atoms with E-state index in [1.807, 2.05) is 22.6 Å². The van der Waals surface area contributed by atoms with E-state index in [1.165, 1.54) is 12.1 Å². The van der Waals surface area contributed by atoms with Crippen LogP contribution in [0.2, 0.25) is 0 Å². The Balaban J connectivity index is 2.38. The van der Waals surface area contributed by atoms with E-state index in [9.17, 15) is 19.8 Å². The Bertz CT molecular complexity index is 398. The molecule has 1 aromatic rings. The lowest BCUT2D eigenvalue weighted by Gasteiger charge is -2.07. The summed E-state index contributed by atoms with van der Waals surface area (Å²) < 4.78 is 0.911. The van der Waals surface area contributed by atoms with Crippen LogP contribution < -0.4 is 10.2 Å². The monoisotopic (exact) mass is 354 g/mol. The maximum absolute atomic E-state index is 11.3. The summed E-state index contributed by atoms with van der Waals surface area (Å²) in [5, 5.41) is 20.9. The van der Waals surface area contributed by atoms with Crippen molar-refractivity contribution in [1.82, 2.24) is 10.0 Å². The summed E-state index contributed by atoms with van der Waals surface area (Å²) in [7, 11) is 0. The number of nitrogens with zero attached hydrogens (tertiary/aromatic N) is 1. The first-order valence-corrected chi connectivity index (χ1v) is 6.20. The Labute approximate surface area is 110 Å². The lowest BCUT2D eigenvalue weighted by molar-refractivity contribution is -0.145. The van der Waals surface area contributed by atoms with Gasteiger partial charge in [-0.15, -0.1) is 4.73 Å². The van der Waals surface area contributed by atoms with E-state index < -0.39 is 5.97 Å². The van der Waals surface area contributed by atoms with E-state index in [0.29, 0.717) is 9.16 Å². The summed E-state index contributed by atoms with van der Waals surface area (Å²) >= 11 is 1.90. The van der Waals surface area contributed by atoms with Crippen molar-refractivity contribution in [2.45, 2.75) is 6.42 Å². The van der Waals surface area contributed by atoms with Crippen LogP contribution >= 0.6 is 22.6 Å². The zero-order valence-electron chi connectivity index (χ0n) is 8.72. The number of amides is 1. The van der Waals surface area contributed by atoms with Crippen LogP contribution in [0.4, 0.5) is 0 Å². The minimum atomic E-state index is -0.680. The molecule has 17 heavy (non-hydrogen) atoms. The molecule has 0 saturated heterocycles. The summed E-state index contributed by atoms with van der Waals surface area (Å²) in [6.07, 6.45) is -0.0561. The average Bonchev–Trinajstić information content (AvgIpc) is 2.60. The van der Waals surface area contributed by atoms with Crippen molar-refractivity contribution in [2.75, 3.05) is 11.0 Å². The van der Waals surface area contributed by atoms with Crippen LogP contribution in [-0.4, -0.2) is 37.8 Å². The molecule has 1 heterocycles. The molecule has 3 N–H and O–H groups in total. The van der Waals surface area contributed by atoms with Gasteiger partial charge in [-0.1, -0.05) is 22.6 Å². The van der Waals surface area contributed by atoms with Gasteiger partial charge in [-0.2, -0.15) is 0 Å². The third-order valence-electron chi connectivity index (χ3n) is 1.76. The first kappa shape index (κ1) is 13.6. The Hall–Kier alpha value is -1.45. The van der Waals surface area contributed by atoms with Crippen LogP contribution in [-0.2, 0) is 9.59 Å². The second-order valence-corrected chi connectivity index (χ2v) is 3.80. The summed E-state index contributed by atoms with van der Waals surface area (Å²) in [5.74, 6) is -1.62. The first-order chi connectivity index (χ1) is 8.04. The molecule has 0 aliphatic carbocycles. The zero-order chi connectivity index (χ0) is 12.8. The molecule has 0 bridgehead atoms. The van der Waals surface area contributed by atoms with Crippen molar-refractivity contribution in [1.29, 1.82) is 0 Å². The summed E-state index contributed by atoms with van der Waals surface area (Å²) in [4.78, 5) is 26.8. The highest BCUT2D eigenvalue weighted by Gasteiger charge is 2.12. The van der Waals surface area contributed by atoms with Crippen molar-refractivity contribution in [3.63, 3.8) is 0 Å². The van der Waals surface area contributed by atoms with Gasteiger partial charge in [0, 0.05) is 18.7 Å². The van der Waals surface area contributed by atoms with Gasteiger partial charge in [0.2, 0.25) is 17.7 Å². The van der Waals surface area contributed by atoms with Gasteiger partial charge < -0.3 is 20.4 Å². The molecule has 0 unspecified atom stereocenters. The van der Waals surface area contributed by atoms with E-state index in [-0.39, 0.29) is 30.6 Å². The second kappa shape index (κ2) is 6.33. The Kier molecular flexibility index (Phi) is 5.07. The number of aromatic hydroxyl groups is 2. The fourth-order valence-corrected chi connectivity index (χ4v) is 1.26. The number of carbonyl (C=O) groups is 2. The van der Waals surface area contributed by atoms with E-state index >= 15 is 0 Å². The van der Waals surface area contributed by atoms with Gasteiger partial charge in [0.1, 0.15) is 0 Å². The highest BCUT2D eigenvalue weighted by Crippen LogP contribution is 2.18. The molecule has 8 heteroatoms. The maximum atomic E-state index is 11.3. The SMILES string of the molecule is O=C(CI)NCCC(=O)On1c(O)ccc1O. The predicted molar refractivity (Wildman–Crippen MR) is 65.9 cm³/mol. The number of rotatable bonds is 5. The van der Waals surface area contributed by atoms with Gasteiger partial charge in [-0.25, -0.2) is 4.79 Å². The van der Waals surface area contributed by atoms with Crippen LogP contribution in [0, 0.1) is 0 Å². The summed E-state index contributed by atoms with van der Waals surface area (Å²) in [5.41, 5.74) is 0. The summed E-state index contributed by atoms with van der Waals surface area (Å²) in [6.45, 7) is 0.142. The van der Waals surface area contributed by atoms with Gasteiger partial charge in [0.25, 0.3) is 0 Å². The fraction of sp³-hybridized carbons (Fsp3) is 0.333. The molecule has 0 atom stereocenters. The predicted octanol–water partition coefficient (Wildman–Crippen LogP) is -0.204. The van der Waals surface area contributed by atoms with E-state index in [1.54, 1.807) is 0 Å². The molecule has 0 saturated carbocycles. The molecule has 94 valence electrons. The van der Waals surface area contributed by atoms with Crippen LogP contribution in [0.15, 0.2) is 12.1 Å². The highest BCUT2D eigenvalue weighted by atomic mass is 127. The minimum absolute atomic E-state index is 0.0561. The van der Waals surface area contributed by atoms with Gasteiger partial charge in [-0.05, 0) is 0 Å². The maximum Gasteiger partial charge on any atom is 0.334 e. The number of carbonyl (C=O) groups excluding carboxylic acids is 2. The molecular formula is C9H11IN2O5. The van der Waals surface area contributed by atoms with Gasteiger partial charge in [0.15, 0.2) is 0 Å². The average molecular weight is 354 g/mol. The second-order valence-electron chi connectivity index (χ2n) is 3.04. The molecular weight excluding hydrogens is 343 g/mol. The van der Waals surface area contributed by atoms with Crippen LogP contribution in [0.25, 0.3) is 0 Å². The number of aromatic nitrogens is 1. The molecule has 1 aromatic heterocycles. The third kappa shape index (κ3) is 4.13. The summed E-state index contributed by atoms with van der Waals surface area (Å²) in [6, 6.07) is 2.36. The van der Waals surface area contributed by atoms with Crippen molar-refractivity contribution in [2.24, 2.45) is 0 Å². The topological polar surface area (TPSA) is 101 Å². The lowest BCUT2D eigenvalue weighted by atomic mass is 10.4. The number of nitrogens with one attached hydrogen (secondary N) is 1. The molecule has 0 aliphatic rings. The Morgan fingerprint density at radius 1 is 1.35 bits per heavy atom. The molecule has 0 aliphatic heterocycles. The van der Waals surface area contributed by atoms with Crippen LogP contribution in [0.1, 0.15) is 6.42 Å². The molecule has 1 rings (SSSR count). The zero-order valence-corrected chi connectivity index (χ0v) is 10.9. The Morgan fingerprint density at radius 2 is 1.94 bits per heavy atom. The van der Waals surface area contributed by atoms with Crippen LogP contribution in [0.5, 0.6) is 11.8 Å². The molecule has 0 radical (unpaired) electrons. The first-order valence-electron chi connectivity index (χ1n) is 4.68. The number of hydrogen-bond acceptors (Lipinski definition) is 5. The lowest BCUT2D eigenvalue weighted by Crippen LogP contribution is -2.29. The van der Waals surface area contributed by atoms with Crippen LogP contribution in [0.3, 0.4) is 0 Å². The number of hydrogen-bond donors (Lipinski definition) is 3. The van der Waals surface area contributed by atoms with Gasteiger partial charge in [-0.3, -0.25) is 4.79 Å². The smallest absolute Gasteiger partial charge is 0.334 e. The van der Waals surface area contributed by atoms with E-state index in [4.69, 9.17) is 0 Å². The van der Waals surface area contributed by atoms with Crippen molar-refractivity contribution in [3.8, 4) is 11.8 Å². The normalized spacial score (nSPS) is 9.94.